The number of hydrogen-bond acceptors (Lipinski definition) is 4. The highest BCUT2D eigenvalue weighted by molar-refractivity contribution is 6.11. The van der Waals surface area contributed by atoms with Gasteiger partial charge in [-0.15, -0.1) is 0 Å². The molecule has 0 aliphatic rings. The Morgan fingerprint density at radius 3 is 1.03 bits per heavy atom. The van der Waals surface area contributed by atoms with Crippen molar-refractivity contribution in [2.75, 3.05) is 23.9 Å². The lowest BCUT2D eigenvalue weighted by Gasteiger charge is -2.40. The molecule has 0 fully saturated rings. The van der Waals surface area contributed by atoms with Crippen LogP contribution in [0.25, 0.3) is 0 Å². The minimum absolute atomic E-state index is 0.107. The van der Waals surface area contributed by atoms with Crippen LogP contribution in [0.15, 0.2) is 121 Å². The first-order chi connectivity index (χ1) is 16.6. The third-order valence-corrected chi connectivity index (χ3v) is 6.11. The Bertz CT molecular complexity index is 1110. The van der Waals surface area contributed by atoms with Gasteiger partial charge < -0.3 is 9.80 Å². The molecule has 4 rings (SSSR count). The number of nitrogens with zero attached hydrogens (tertiary/aromatic N) is 2. The quantitative estimate of drug-likeness (QED) is 0.305. The largest absolute Gasteiger partial charge is 0.362 e. The predicted molar refractivity (Wildman–Crippen MR) is 139 cm³/mol. The highest BCUT2D eigenvalue weighted by Crippen LogP contribution is 2.27. The minimum atomic E-state index is -0.761. The summed E-state index contributed by atoms with van der Waals surface area (Å²) in [7, 11) is 3.76. The van der Waals surface area contributed by atoms with E-state index in [1.807, 2.05) is 121 Å². The molecule has 0 aliphatic carbocycles. The van der Waals surface area contributed by atoms with Crippen molar-refractivity contribution in [1.82, 2.24) is 0 Å². The van der Waals surface area contributed by atoms with E-state index in [4.69, 9.17) is 0 Å². The molecule has 170 valence electrons. The van der Waals surface area contributed by atoms with Crippen LogP contribution in [0.2, 0.25) is 0 Å². The zero-order valence-corrected chi connectivity index (χ0v) is 19.4. The van der Waals surface area contributed by atoms with E-state index in [-0.39, 0.29) is 11.6 Å². The van der Waals surface area contributed by atoms with E-state index in [0.717, 1.165) is 11.4 Å². The van der Waals surface area contributed by atoms with Crippen molar-refractivity contribution < 1.29 is 9.59 Å². The Balaban J connectivity index is 1.87. The molecule has 2 unspecified atom stereocenters. The van der Waals surface area contributed by atoms with Crippen LogP contribution in [-0.2, 0) is 0 Å². The molecule has 0 amide bonds. The molecule has 0 saturated heterocycles. The lowest BCUT2D eigenvalue weighted by molar-refractivity contribution is 0.0867. The molecule has 4 aromatic rings. The standard InChI is InChI=1S/C30H28N2O2/c1-31(25-19-11-5-12-20-25)27(29(33)23-15-7-3-8-16-23)28(30(34)24-17-9-4-10-18-24)32(2)26-21-13-6-14-22-26/h3-22,27-28H,1-2H3. The van der Waals surface area contributed by atoms with E-state index in [2.05, 4.69) is 0 Å². The Hall–Kier alpha value is -4.18. The van der Waals surface area contributed by atoms with Crippen molar-refractivity contribution in [3.8, 4) is 0 Å². The van der Waals surface area contributed by atoms with Crippen LogP contribution in [0.4, 0.5) is 11.4 Å². The van der Waals surface area contributed by atoms with Gasteiger partial charge in [-0.05, 0) is 24.3 Å². The van der Waals surface area contributed by atoms with Crippen molar-refractivity contribution >= 4 is 22.9 Å². The lowest BCUT2D eigenvalue weighted by Crippen LogP contribution is -2.57. The van der Waals surface area contributed by atoms with Crippen molar-refractivity contribution in [2.24, 2.45) is 0 Å². The van der Waals surface area contributed by atoms with Gasteiger partial charge in [0.25, 0.3) is 0 Å². The molecular weight excluding hydrogens is 420 g/mol. The zero-order chi connectivity index (χ0) is 23.9. The Morgan fingerprint density at radius 1 is 0.471 bits per heavy atom. The van der Waals surface area contributed by atoms with Gasteiger partial charge in [0.2, 0.25) is 0 Å². The van der Waals surface area contributed by atoms with Gasteiger partial charge in [-0.25, -0.2) is 0 Å². The molecule has 0 aliphatic heterocycles. The molecule has 4 nitrogen and oxygen atoms in total. The first kappa shape index (κ1) is 23.0. The van der Waals surface area contributed by atoms with Crippen LogP contribution < -0.4 is 9.80 Å². The minimum Gasteiger partial charge on any atom is -0.362 e. The second-order valence-electron chi connectivity index (χ2n) is 8.24. The number of ketones is 2. The number of hydrogen-bond donors (Lipinski definition) is 0. The van der Waals surface area contributed by atoms with Gasteiger partial charge in [0.1, 0.15) is 12.1 Å². The second-order valence-corrected chi connectivity index (χ2v) is 8.24. The van der Waals surface area contributed by atoms with Crippen LogP contribution in [-0.4, -0.2) is 37.7 Å². The molecule has 0 aromatic heterocycles. The van der Waals surface area contributed by atoms with E-state index < -0.39 is 12.1 Å². The summed E-state index contributed by atoms with van der Waals surface area (Å²) in [5.74, 6) is -0.215. The summed E-state index contributed by atoms with van der Waals surface area (Å²) in [5.41, 5.74) is 2.87. The number of rotatable bonds is 9. The molecule has 2 atom stereocenters. The average Bonchev–Trinajstić information content (AvgIpc) is 2.92. The van der Waals surface area contributed by atoms with Crippen molar-refractivity contribution in [3.63, 3.8) is 0 Å². The molecule has 0 bridgehead atoms. The van der Waals surface area contributed by atoms with Crippen LogP contribution in [0, 0.1) is 0 Å². The number of carbonyl (C=O) groups excluding carboxylic acids is 2. The van der Waals surface area contributed by atoms with Crippen molar-refractivity contribution in [1.29, 1.82) is 0 Å². The van der Waals surface area contributed by atoms with Gasteiger partial charge in [-0.2, -0.15) is 0 Å². The van der Waals surface area contributed by atoms with Gasteiger partial charge >= 0.3 is 0 Å². The third-order valence-electron chi connectivity index (χ3n) is 6.11. The van der Waals surface area contributed by atoms with Crippen LogP contribution in [0.1, 0.15) is 20.7 Å². The Morgan fingerprint density at radius 2 is 0.735 bits per heavy atom. The topological polar surface area (TPSA) is 40.6 Å². The van der Waals surface area contributed by atoms with Gasteiger partial charge in [0.05, 0.1) is 0 Å². The monoisotopic (exact) mass is 448 g/mol. The molecule has 4 heteroatoms. The fraction of sp³-hybridized carbons (Fsp3) is 0.133. The summed E-state index contributed by atoms with van der Waals surface area (Å²) in [6.45, 7) is 0. The van der Waals surface area contributed by atoms with Crippen molar-refractivity contribution in [2.45, 2.75) is 12.1 Å². The van der Waals surface area contributed by atoms with Gasteiger partial charge in [0.15, 0.2) is 11.6 Å². The first-order valence-electron chi connectivity index (χ1n) is 11.3. The summed E-state index contributed by atoms with van der Waals surface area (Å²) in [4.78, 5) is 31.9. The average molecular weight is 449 g/mol. The Kier molecular flexibility index (Phi) is 7.19. The number of likely N-dealkylation sites (N-methyl/N-ethyl adjacent to an activating group) is 2. The summed E-state index contributed by atoms with van der Waals surface area (Å²) in [6.07, 6.45) is 0. The summed E-state index contributed by atoms with van der Waals surface area (Å²) in [5, 5.41) is 0. The normalized spacial score (nSPS) is 12.4. The molecule has 0 N–H and O–H groups in total. The van der Waals surface area contributed by atoms with Crippen LogP contribution in [0.3, 0.4) is 0 Å². The third kappa shape index (κ3) is 4.91. The fourth-order valence-electron chi connectivity index (χ4n) is 4.26. The van der Waals surface area contributed by atoms with Gasteiger partial charge in [-0.1, -0.05) is 97.1 Å². The Labute approximate surface area is 201 Å². The molecule has 0 saturated carbocycles. The fourth-order valence-corrected chi connectivity index (χ4v) is 4.26. The lowest BCUT2D eigenvalue weighted by atomic mass is 9.89. The highest BCUT2D eigenvalue weighted by atomic mass is 16.1. The van der Waals surface area contributed by atoms with Crippen LogP contribution >= 0.6 is 0 Å². The van der Waals surface area contributed by atoms with Gasteiger partial charge in [-0.3, -0.25) is 9.59 Å². The maximum Gasteiger partial charge on any atom is 0.187 e. The maximum absolute atomic E-state index is 14.1. The molecule has 4 aromatic carbocycles. The molecule has 0 radical (unpaired) electrons. The summed E-state index contributed by atoms with van der Waals surface area (Å²) >= 11 is 0. The van der Waals surface area contributed by atoms with E-state index in [0.29, 0.717) is 11.1 Å². The number of anilines is 2. The first-order valence-corrected chi connectivity index (χ1v) is 11.3. The summed E-state index contributed by atoms with van der Waals surface area (Å²) in [6, 6.07) is 36.3. The second kappa shape index (κ2) is 10.6. The van der Waals surface area contributed by atoms with E-state index >= 15 is 0 Å². The highest BCUT2D eigenvalue weighted by Gasteiger charge is 2.40. The molecular formula is C30H28N2O2. The molecule has 0 spiro atoms. The summed E-state index contributed by atoms with van der Waals surface area (Å²) < 4.78 is 0. The smallest absolute Gasteiger partial charge is 0.187 e. The zero-order valence-electron chi connectivity index (χ0n) is 19.4. The number of para-hydroxylation sites is 2. The molecule has 0 heterocycles. The number of carbonyl (C=O) groups is 2. The van der Waals surface area contributed by atoms with Crippen molar-refractivity contribution in [3.05, 3.63) is 132 Å². The SMILES string of the molecule is CN(c1ccccc1)C(C(=O)c1ccccc1)C(C(=O)c1ccccc1)N(C)c1ccccc1. The number of benzene rings is 4. The van der Waals surface area contributed by atoms with Gasteiger partial charge in [0, 0.05) is 36.6 Å². The molecule has 34 heavy (non-hydrogen) atoms. The van der Waals surface area contributed by atoms with E-state index in [1.165, 1.54) is 0 Å². The van der Waals surface area contributed by atoms with E-state index in [1.54, 1.807) is 24.3 Å². The maximum atomic E-state index is 14.1. The van der Waals surface area contributed by atoms with E-state index in [9.17, 15) is 9.59 Å². The predicted octanol–water partition coefficient (Wildman–Crippen LogP) is 5.76. The van der Waals surface area contributed by atoms with Crippen LogP contribution in [0.5, 0.6) is 0 Å². The number of Topliss-reactive ketones (excluding diaryl/α,β-unsaturated/α-hetero) is 2.